The highest BCUT2D eigenvalue weighted by Crippen LogP contribution is 2.04. The molecule has 0 aliphatic carbocycles. The van der Waals surface area contributed by atoms with Gasteiger partial charge in [-0.2, -0.15) is 10.2 Å². The molecule has 0 aliphatic rings. The van der Waals surface area contributed by atoms with Gasteiger partial charge in [-0.15, -0.1) is 0 Å². The summed E-state index contributed by atoms with van der Waals surface area (Å²) in [4.78, 5) is 13.7. The standard InChI is InChI=1S/C13H19N5O/c1-11-8-15-18(9-11)7-5-13(19)16(2)10-12-4-6-14-17(12)3/h4,6,8-9H,5,7,10H2,1-3H3. The lowest BCUT2D eigenvalue weighted by Gasteiger charge is -2.17. The molecule has 0 bridgehead atoms. The van der Waals surface area contributed by atoms with Gasteiger partial charge in [-0.1, -0.05) is 0 Å². The molecule has 0 aliphatic heterocycles. The average Bonchev–Trinajstić information content (AvgIpc) is 2.96. The second-order valence-corrected chi connectivity index (χ2v) is 4.73. The molecule has 0 saturated heterocycles. The number of amides is 1. The maximum atomic E-state index is 12.0. The number of aryl methyl sites for hydroxylation is 3. The van der Waals surface area contributed by atoms with E-state index in [1.54, 1.807) is 26.7 Å². The zero-order valence-electron chi connectivity index (χ0n) is 11.6. The number of aromatic nitrogens is 4. The molecule has 6 nitrogen and oxygen atoms in total. The van der Waals surface area contributed by atoms with Gasteiger partial charge in [0, 0.05) is 39.5 Å². The Labute approximate surface area is 112 Å². The minimum Gasteiger partial charge on any atom is -0.340 e. The summed E-state index contributed by atoms with van der Waals surface area (Å²) >= 11 is 0. The second-order valence-electron chi connectivity index (χ2n) is 4.73. The van der Waals surface area contributed by atoms with Gasteiger partial charge in [0.25, 0.3) is 0 Å². The van der Waals surface area contributed by atoms with Crippen molar-refractivity contribution in [2.75, 3.05) is 7.05 Å². The predicted molar refractivity (Wildman–Crippen MR) is 71.3 cm³/mol. The van der Waals surface area contributed by atoms with Crippen molar-refractivity contribution in [2.24, 2.45) is 7.05 Å². The molecule has 19 heavy (non-hydrogen) atoms. The Morgan fingerprint density at radius 1 is 1.42 bits per heavy atom. The summed E-state index contributed by atoms with van der Waals surface area (Å²) in [5, 5.41) is 8.26. The van der Waals surface area contributed by atoms with E-state index in [0.717, 1.165) is 11.3 Å². The lowest BCUT2D eigenvalue weighted by Crippen LogP contribution is -2.28. The zero-order valence-corrected chi connectivity index (χ0v) is 11.6. The molecule has 0 radical (unpaired) electrons. The van der Waals surface area contributed by atoms with Crippen molar-refractivity contribution >= 4 is 5.91 Å². The molecule has 0 saturated carbocycles. The maximum Gasteiger partial charge on any atom is 0.224 e. The van der Waals surface area contributed by atoms with Gasteiger partial charge in [0.15, 0.2) is 0 Å². The first kappa shape index (κ1) is 13.3. The fourth-order valence-corrected chi connectivity index (χ4v) is 1.88. The predicted octanol–water partition coefficient (Wildman–Crippen LogP) is 0.974. The van der Waals surface area contributed by atoms with Crippen molar-refractivity contribution in [3.63, 3.8) is 0 Å². The number of nitrogens with zero attached hydrogens (tertiary/aromatic N) is 5. The number of rotatable bonds is 5. The Kier molecular flexibility index (Phi) is 3.99. The van der Waals surface area contributed by atoms with Crippen molar-refractivity contribution in [2.45, 2.75) is 26.4 Å². The van der Waals surface area contributed by atoms with Gasteiger partial charge in [0.1, 0.15) is 0 Å². The van der Waals surface area contributed by atoms with Crippen molar-refractivity contribution in [1.29, 1.82) is 0 Å². The number of hydrogen-bond acceptors (Lipinski definition) is 3. The molecule has 102 valence electrons. The summed E-state index contributed by atoms with van der Waals surface area (Å²) in [7, 11) is 3.68. The minimum absolute atomic E-state index is 0.106. The Bertz CT molecular complexity index is 557. The number of hydrogen-bond donors (Lipinski definition) is 0. The molecule has 2 aromatic heterocycles. The third kappa shape index (κ3) is 3.43. The molecule has 0 aromatic carbocycles. The largest absolute Gasteiger partial charge is 0.340 e. The van der Waals surface area contributed by atoms with Crippen LogP contribution in [0.25, 0.3) is 0 Å². The first-order valence-electron chi connectivity index (χ1n) is 6.26. The van der Waals surface area contributed by atoms with Crippen LogP contribution < -0.4 is 0 Å². The van der Waals surface area contributed by atoms with Gasteiger partial charge in [0.2, 0.25) is 5.91 Å². The quantitative estimate of drug-likeness (QED) is 0.806. The van der Waals surface area contributed by atoms with Gasteiger partial charge in [-0.05, 0) is 18.6 Å². The monoisotopic (exact) mass is 261 g/mol. The van der Waals surface area contributed by atoms with Crippen LogP contribution in [-0.4, -0.2) is 37.4 Å². The number of carbonyl (C=O) groups is 1. The topological polar surface area (TPSA) is 56.0 Å². The van der Waals surface area contributed by atoms with Crippen LogP contribution in [0.1, 0.15) is 17.7 Å². The van der Waals surface area contributed by atoms with E-state index < -0.39 is 0 Å². The smallest absolute Gasteiger partial charge is 0.224 e. The molecule has 0 spiro atoms. The molecule has 0 unspecified atom stereocenters. The summed E-state index contributed by atoms with van der Waals surface area (Å²) in [5.41, 5.74) is 2.13. The summed E-state index contributed by atoms with van der Waals surface area (Å²) in [6, 6.07) is 1.92. The van der Waals surface area contributed by atoms with Crippen LogP contribution in [0, 0.1) is 6.92 Å². The molecule has 2 heterocycles. The van der Waals surface area contributed by atoms with E-state index in [9.17, 15) is 4.79 Å². The van der Waals surface area contributed by atoms with E-state index in [-0.39, 0.29) is 5.91 Å². The van der Waals surface area contributed by atoms with E-state index in [0.29, 0.717) is 19.5 Å². The second kappa shape index (κ2) is 5.69. The molecular weight excluding hydrogens is 242 g/mol. The van der Waals surface area contributed by atoms with Gasteiger partial charge in [-0.3, -0.25) is 14.2 Å². The highest BCUT2D eigenvalue weighted by Gasteiger charge is 2.11. The highest BCUT2D eigenvalue weighted by atomic mass is 16.2. The summed E-state index contributed by atoms with van der Waals surface area (Å²) in [5.74, 6) is 0.106. The van der Waals surface area contributed by atoms with Crippen molar-refractivity contribution in [3.8, 4) is 0 Å². The van der Waals surface area contributed by atoms with Gasteiger partial charge >= 0.3 is 0 Å². The van der Waals surface area contributed by atoms with Crippen LogP contribution in [-0.2, 0) is 24.9 Å². The molecule has 0 N–H and O–H groups in total. The summed E-state index contributed by atoms with van der Waals surface area (Å²) in [6.45, 7) is 3.18. The molecule has 2 rings (SSSR count). The third-order valence-electron chi connectivity index (χ3n) is 3.06. The molecule has 0 atom stereocenters. The zero-order chi connectivity index (χ0) is 13.8. The summed E-state index contributed by atoms with van der Waals surface area (Å²) < 4.78 is 3.58. The normalized spacial score (nSPS) is 10.7. The van der Waals surface area contributed by atoms with Crippen LogP contribution in [0.3, 0.4) is 0 Å². The van der Waals surface area contributed by atoms with Crippen LogP contribution in [0.5, 0.6) is 0 Å². The van der Waals surface area contributed by atoms with E-state index in [4.69, 9.17) is 0 Å². The molecule has 2 aromatic rings. The lowest BCUT2D eigenvalue weighted by molar-refractivity contribution is -0.130. The summed E-state index contributed by atoms with van der Waals surface area (Å²) in [6.07, 6.45) is 5.92. The molecule has 0 fully saturated rings. The fourth-order valence-electron chi connectivity index (χ4n) is 1.88. The Hall–Kier alpha value is -2.11. The Balaban J connectivity index is 1.84. The van der Waals surface area contributed by atoms with Crippen LogP contribution in [0.2, 0.25) is 0 Å². The van der Waals surface area contributed by atoms with Crippen molar-refractivity contribution in [1.82, 2.24) is 24.5 Å². The van der Waals surface area contributed by atoms with Crippen LogP contribution >= 0.6 is 0 Å². The van der Waals surface area contributed by atoms with Crippen LogP contribution in [0.15, 0.2) is 24.7 Å². The molecular formula is C13H19N5O. The van der Waals surface area contributed by atoms with Gasteiger partial charge in [0.05, 0.1) is 18.4 Å². The first-order valence-corrected chi connectivity index (χ1v) is 6.26. The first-order chi connectivity index (χ1) is 9.06. The van der Waals surface area contributed by atoms with E-state index in [1.165, 1.54) is 0 Å². The molecule has 1 amide bonds. The highest BCUT2D eigenvalue weighted by molar-refractivity contribution is 5.75. The number of carbonyl (C=O) groups excluding carboxylic acids is 1. The maximum absolute atomic E-state index is 12.0. The average molecular weight is 261 g/mol. The van der Waals surface area contributed by atoms with Gasteiger partial charge in [-0.25, -0.2) is 0 Å². The van der Waals surface area contributed by atoms with Crippen molar-refractivity contribution < 1.29 is 4.79 Å². The Morgan fingerprint density at radius 2 is 2.21 bits per heavy atom. The van der Waals surface area contributed by atoms with Crippen LogP contribution in [0.4, 0.5) is 0 Å². The molecule has 6 heteroatoms. The lowest BCUT2D eigenvalue weighted by atomic mass is 10.3. The fraction of sp³-hybridized carbons (Fsp3) is 0.462. The van der Waals surface area contributed by atoms with E-state index >= 15 is 0 Å². The van der Waals surface area contributed by atoms with Crippen molar-refractivity contribution in [3.05, 3.63) is 35.9 Å². The third-order valence-corrected chi connectivity index (χ3v) is 3.06. The Morgan fingerprint density at radius 3 is 2.79 bits per heavy atom. The minimum atomic E-state index is 0.106. The van der Waals surface area contributed by atoms with E-state index in [1.807, 2.05) is 33.3 Å². The van der Waals surface area contributed by atoms with E-state index in [2.05, 4.69) is 10.2 Å². The van der Waals surface area contributed by atoms with Gasteiger partial charge < -0.3 is 4.90 Å². The SMILES string of the molecule is Cc1cnn(CCC(=O)N(C)Cc2ccnn2C)c1.